The van der Waals surface area contributed by atoms with Gasteiger partial charge < -0.3 is 14.4 Å². The first-order chi connectivity index (χ1) is 22.1. The number of halogens is 2. The van der Waals surface area contributed by atoms with Gasteiger partial charge in [0.15, 0.2) is 11.6 Å². The van der Waals surface area contributed by atoms with Crippen LogP contribution in [0.25, 0.3) is 10.9 Å². The highest BCUT2D eigenvalue weighted by atomic mass is 35.5. The number of anilines is 1. The van der Waals surface area contributed by atoms with E-state index in [9.17, 15) is 23.3 Å². The molecule has 1 amide bonds. The highest BCUT2D eigenvalue weighted by Gasteiger charge is 2.43. The second kappa shape index (κ2) is 12.9. The van der Waals surface area contributed by atoms with E-state index in [4.69, 9.17) is 21.1 Å². The summed E-state index contributed by atoms with van der Waals surface area (Å²) in [6.45, 7) is 8.48. The molecule has 1 spiro atoms. The summed E-state index contributed by atoms with van der Waals surface area (Å²) >= 11 is 6.71. The predicted molar refractivity (Wildman–Crippen MR) is 175 cm³/mol. The van der Waals surface area contributed by atoms with Crippen molar-refractivity contribution in [3.8, 4) is 17.6 Å². The Hall–Kier alpha value is -3.93. The van der Waals surface area contributed by atoms with Crippen LogP contribution in [0.3, 0.4) is 0 Å². The van der Waals surface area contributed by atoms with E-state index in [1.165, 1.54) is 25.5 Å². The van der Waals surface area contributed by atoms with Crippen molar-refractivity contribution in [1.29, 1.82) is 5.26 Å². The number of fused-ring (bicyclic) bond motifs is 1. The molecule has 1 saturated carbocycles. The van der Waals surface area contributed by atoms with E-state index in [1.807, 2.05) is 20.8 Å². The maximum absolute atomic E-state index is 15.1. The molecule has 2 aromatic carbocycles. The molecule has 1 atom stereocenters. The van der Waals surface area contributed by atoms with Crippen LogP contribution in [0.15, 0.2) is 35.4 Å². The van der Waals surface area contributed by atoms with E-state index in [1.54, 1.807) is 22.5 Å². The Morgan fingerprint density at radius 3 is 2.57 bits per heavy atom. The van der Waals surface area contributed by atoms with Gasteiger partial charge in [-0.3, -0.25) is 14.1 Å². The molecule has 2 aliphatic rings. The molecular weight excluding hydrogens is 651 g/mol. The summed E-state index contributed by atoms with van der Waals surface area (Å²) in [5.41, 5.74) is -1.24. The number of hydrogen-bond donors (Lipinski definition) is 1. The third kappa shape index (κ3) is 7.02. The maximum Gasteiger partial charge on any atom is 0.410 e. The molecule has 1 aliphatic heterocycles. The average molecular weight is 689 g/mol. The number of amides is 1. The SMILES string of the molecule is CCN(C)S(=O)(=O)Nc1ccc(F)c(Oc2ccc3ncn(C4CCC5(CCN(C(=O)OC(C)(C)C)CC5)C4)c(=O)c3c2Cl)c1C#N. The number of nitrogens with zero attached hydrogens (tertiary/aromatic N) is 5. The molecule has 1 saturated heterocycles. The zero-order valence-corrected chi connectivity index (χ0v) is 28.5. The number of carbonyl (C=O) groups excluding carboxylic acids is 1. The summed E-state index contributed by atoms with van der Waals surface area (Å²) in [7, 11) is -2.67. The van der Waals surface area contributed by atoms with Crippen LogP contribution < -0.4 is 15.0 Å². The minimum Gasteiger partial charge on any atom is -0.451 e. The molecule has 1 unspecified atom stereocenters. The van der Waals surface area contributed by atoms with Gasteiger partial charge >= 0.3 is 16.3 Å². The molecule has 0 radical (unpaired) electrons. The zero-order valence-electron chi connectivity index (χ0n) is 27.0. The molecule has 47 heavy (non-hydrogen) atoms. The number of hydrogen-bond acceptors (Lipinski definition) is 8. The lowest BCUT2D eigenvalue weighted by atomic mass is 9.77. The number of benzene rings is 2. The van der Waals surface area contributed by atoms with Crippen molar-refractivity contribution in [3.63, 3.8) is 0 Å². The lowest BCUT2D eigenvalue weighted by Crippen LogP contribution is -2.44. The maximum atomic E-state index is 15.1. The van der Waals surface area contributed by atoms with Crippen LogP contribution in [-0.2, 0) is 14.9 Å². The van der Waals surface area contributed by atoms with Gasteiger partial charge in [-0.05, 0) is 82.6 Å². The van der Waals surface area contributed by atoms with Gasteiger partial charge in [-0.1, -0.05) is 18.5 Å². The van der Waals surface area contributed by atoms with Crippen LogP contribution in [0.4, 0.5) is 14.9 Å². The van der Waals surface area contributed by atoms with Crippen molar-refractivity contribution < 1.29 is 27.1 Å². The quantitative estimate of drug-likeness (QED) is 0.309. The minimum atomic E-state index is -4.02. The van der Waals surface area contributed by atoms with E-state index in [0.717, 1.165) is 48.5 Å². The monoisotopic (exact) mass is 688 g/mol. The van der Waals surface area contributed by atoms with Gasteiger partial charge in [0.1, 0.15) is 23.0 Å². The third-order valence-corrected chi connectivity index (χ3v) is 10.9. The molecule has 0 bridgehead atoms. The number of piperidine rings is 1. The Morgan fingerprint density at radius 1 is 1.23 bits per heavy atom. The van der Waals surface area contributed by atoms with E-state index in [0.29, 0.717) is 18.6 Å². The first-order valence-electron chi connectivity index (χ1n) is 15.4. The molecule has 5 rings (SSSR count). The largest absolute Gasteiger partial charge is 0.451 e. The molecule has 1 aromatic heterocycles. The Bertz CT molecular complexity index is 1910. The van der Waals surface area contributed by atoms with Crippen LogP contribution in [0.1, 0.15) is 71.4 Å². The number of nitrogens with one attached hydrogen (secondary N) is 1. The van der Waals surface area contributed by atoms with Crippen molar-refractivity contribution in [2.24, 2.45) is 5.41 Å². The lowest BCUT2D eigenvalue weighted by Gasteiger charge is -2.40. The van der Waals surface area contributed by atoms with Crippen molar-refractivity contribution in [3.05, 3.63) is 57.3 Å². The number of carbonyl (C=O) groups is 1. The Morgan fingerprint density at radius 2 is 1.94 bits per heavy atom. The predicted octanol–water partition coefficient (Wildman–Crippen LogP) is 6.20. The van der Waals surface area contributed by atoms with Crippen LogP contribution in [-0.4, -0.2) is 65.6 Å². The fraction of sp³-hybridized carbons (Fsp3) is 0.500. The second-order valence-electron chi connectivity index (χ2n) is 13.1. The van der Waals surface area contributed by atoms with Crippen LogP contribution in [0, 0.1) is 22.6 Å². The summed E-state index contributed by atoms with van der Waals surface area (Å²) in [5, 5.41) is 9.82. The summed E-state index contributed by atoms with van der Waals surface area (Å²) in [5.74, 6) is -1.58. The molecule has 2 heterocycles. The first kappa shape index (κ1) is 34.4. The molecular formula is C32H38ClFN6O6S. The summed E-state index contributed by atoms with van der Waals surface area (Å²) in [4.78, 5) is 32.7. The van der Waals surface area contributed by atoms with E-state index in [2.05, 4.69) is 9.71 Å². The molecule has 12 nitrogen and oxygen atoms in total. The van der Waals surface area contributed by atoms with Gasteiger partial charge in [0.25, 0.3) is 5.56 Å². The minimum absolute atomic E-state index is 0.0178. The number of nitriles is 1. The van der Waals surface area contributed by atoms with Gasteiger partial charge in [-0.2, -0.15) is 18.0 Å². The molecule has 1 aliphatic carbocycles. The van der Waals surface area contributed by atoms with Gasteiger partial charge in [0.2, 0.25) is 0 Å². The highest BCUT2D eigenvalue weighted by molar-refractivity contribution is 7.90. The molecule has 3 aromatic rings. The topological polar surface area (TPSA) is 147 Å². The standard InChI is InChI=1S/C32H38ClFN6O6S/c1-6-38(5)47(43,44)37-23-8-7-22(34)28(21(23)18-35)45-25-10-9-24-26(27(25)33)29(41)40(19-36-24)20-11-12-32(17-20)13-15-39(16-14-32)30(42)46-31(2,3)4/h7-10,19-20,37H,6,11-17H2,1-5H3. The molecule has 2 fully saturated rings. The first-order valence-corrected chi connectivity index (χ1v) is 17.2. The lowest BCUT2D eigenvalue weighted by molar-refractivity contribution is 0.0103. The Labute approximate surface area is 278 Å². The molecule has 252 valence electrons. The smallest absolute Gasteiger partial charge is 0.410 e. The zero-order chi connectivity index (χ0) is 34.3. The van der Waals surface area contributed by atoms with Crippen LogP contribution >= 0.6 is 11.6 Å². The average Bonchev–Trinajstić information content (AvgIpc) is 3.41. The highest BCUT2D eigenvalue weighted by Crippen LogP contribution is 2.50. The van der Waals surface area contributed by atoms with Crippen LogP contribution in [0.5, 0.6) is 11.5 Å². The fourth-order valence-corrected chi connectivity index (χ4v) is 7.43. The van der Waals surface area contributed by atoms with E-state index < -0.39 is 32.9 Å². The van der Waals surface area contributed by atoms with Gasteiger partial charge in [0.05, 0.1) is 27.9 Å². The van der Waals surface area contributed by atoms with Gasteiger partial charge in [-0.15, -0.1) is 0 Å². The van der Waals surface area contributed by atoms with Crippen LogP contribution in [0.2, 0.25) is 5.02 Å². The number of likely N-dealkylation sites (tertiary alicyclic amines) is 1. The Balaban J connectivity index is 1.40. The summed E-state index contributed by atoms with van der Waals surface area (Å²) < 4.78 is 56.5. The molecule has 1 N–H and O–H groups in total. The number of rotatable bonds is 7. The van der Waals surface area contributed by atoms with Crippen molar-refractivity contribution in [2.75, 3.05) is 31.4 Å². The van der Waals surface area contributed by atoms with E-state index >= 15 is 4.39 Å². The summed E-state index contributed by atoms with van der Waals surface area (Å²) in [6.07, 6.45) is 5.18. The normalized spacial score (nSPS) is 18.0. The van der Waals surface area contributed by atoms with E-state index in [-0.39, 0.29) is 51.5 Å². The van der Waals surface area contributed by atoms with Crippen molar-refractivity contribution >= 4 is 44.5 Å². The van der Waals surface area contributed by atoms with Gasteiger partial charge in [-0.25, -0.2) is 14.2 Å². The second-order valence-corrected chi connectivity index (χ2v) is 15.3. The Kier molecular flexibility index (Phi) is 9.47. The van der Waals surface area contributed by atoms with Crippen molar-refractivity contribution in [2.45, 2.75) is 71.4 Å². The summed E-state index contributed by atoms with van der Waals surface area (Å²) in [6, 6.07) is 6.69. The number of ether oxygens (including phenoxy) is 2. The van der Waals surface area contributed by atoms with Crippen molar-refractivity contribution in [1.82, 2.24) is 18.8 Å². The molecule has 15 heteroatoms. The third-order valence-electron chi connectivity index (χ3n) is 8.93. The van der Waals surface area contributed by atoms with Gasteiger partial charge in [0, 0.05) is 32.7 Å². The fourth-order valence-electron chi connectivity index (χ4n) is 6.21. The number of aromatic nitrogens is 2.